The SMILES string of the molecule is OC(CBr)C(O)c1cnc2ncccn12. The zero-order chi connectivity index (χ0) is 10.8. The van der Waals surface area contributed by atoms with Crippen molar-refractivity contribution in [3.05, 3.63) is 30.4 Å². The third-order valence-corrected chi connectivity index (χ3v) is 2.81. The van der Waals surface area contributed by atoms with Crippen molar-refractivity contribution in [3.8, 4) is 0 Å². The van der Waals surface area contributed by atoms with Crippen molar-refractivity contribution in [2.45, 2.75) is 12.2 Å². The number of hydrogen-bond donors (Lipinski definition) is 2. The van der Waals surface area contributed by atoms with E-state index in [1.54, 1.807) is 22.9 Å². The fraction of sp³-hybridized carbons (Fsp3) is 0.333. The predicted molar refractivity (Wildman–Crippen MR) is 57.7 cm³/mol. The third-order valence-electron chi connectivity index (χ3n) is 2.14. The van der Waals surface area contributed by atoms with Crippen LogP contribution in [0.5, 0.6) is 0 Å². The average Bonchev–Trinajstić information content (AvgIpc) is 2.70. The number of aliphatic hydroxyl groups excluding tert-OH is 2. The minimum atomic E-state index is -0.969. The second-order valence-corrected chi connectivity index (χ2v) is 3.79. The highest BCUT2D eigenvalue weighted by atomic mass is 79.9. The molecule has 5 nitrogen and oxygen atoms in total. The Bertz CT molecular complexity index is 459. The number of rotatable bonds is 3. The first kappa shape index (κ1) is 10.5. The monoisotopic (exact) mass is 271 g/mol. The van der Waals surface area contributed by atoms with E-state index in [4.69, 9.17) is 0 Å². The van der Waals surface area contributed by atoms with Gasteiger partial charge in [-0.05, 0) is 6.07 Å². The molecule has 0 bridgehead atoms. The van der Waals surface area contributed by atoms with Gasteiger partial charge in [0.2, 0.25) is 5.78 Å². The molecule has 2 unspecified atom stereocenters. The number of hydrogen-bond acceptors (Lipinski definition) is 4. The first-order valence-electron chi connectivity index (χ1n) is 4.44. The predicted octanol–water partition coefficient (Wildman–Crippen LogP) is 0.518. The summed E-state index contributed by atoms with van der Waals surface area (Å²) in [4.78, 5) is 8.04. The molecule has 2 atom stereocenters. The highest BCUT2D eigenvalue weighted by Crippen LogP contribution is 2.18. The Hall–Kier alpha value is -0.980. The van der Waals surface area contributed by atoms with E-state index in [0.29, 0.717) is 16.8 Å². The summed E-state index contributed by atoms with van der Waals surface area (Å²) in [5.74, 6) is 0.508. The smallest absolute Gasteiger partial charge is 0.233 e. The number of nitrogens with zero attached hydrogens (tertiary/aromatic N) is 3. The van der Waals surface area contributed by atoms with Crippen molar-refractivity contribution in [1.82, 2.24) is 14.4 Å². The van der Waals surface area contributed by atoms with Crippen LogP contribution in [0.15, 0.2) is 24.7 Å². The van der Waals surface area contributed by atoms with Crippen LogP contribution in [0.4, 0.5) is 0 Å². The van der Waals surface area contributed by atoms with E-state index < -0.39 is 12.2 Å². The van der Waals surface area contributed by atoms with Crippen LogP contribution in [0.3, 0.4) is 0 Å². The van der Waals surface area contributed by atoms with Crippen LogP contribution in [-0.4, -0.2) is 36.0 Å². The molecule has 0 aromatic carbocycles. The molecule has 2 aromatic rings. The molecule has 0 spiro atoms. The van der Waals surface area contributed by atoms with E-state index in [-0.39, 0.29) is 0 Å². The summed E-state index contributed by atoms with van der Waals surface area (Å²) in [6.45, 7) is 0. The summed E-state index contributed by atoms with van der Waals surface area (Å²) in [6, 6.07) is 1.74. The molecule has 2 heterocycles. The molecule has 0 fully saturated rings. The van der Waals surface area contributed by atoms with Gasteiger partial charge in [0, 0.05) is 17.7 Å². The molecule has 0 amide bonds. The maximum Gasteiger partial charge on any atom is 0.233 e. The Morgan fingerprint density at radius 1 is 1.40 bits per heavy atom. The van der Waals surface area contributed by atoms with Gasteiger partial charge in [0.1, 0.15) is 6.10 Å². The minimum Gasteiger partial charge on any atom is -0.389 e. The van der Waals surface area contributed by atoms with Crippen molar-refractivity contribution in [3.63, 3.8) is 0 Å². The third kappa shape index (κ3) is 1.88. The number of aliphatic hydroxyl groups is 2. The lowest BCUT2D eigenvalue weighted by Gasteiger charge is -2.14. The van der Waals surface area contributed by atoms with Crippen molar-refractivity contribution in [1.29, 1.82) is 0 Å². The lowest BCUT2D eigenvalue weighted by atomic mass is 10.2. The molecule has 2 rings (SSSR count). The number of alkyl halides is 1. The molecule has 0 aliphatic heterocycles. The van der Waals surface area contributed by atoms with E-state index in [1.807, 2.05) is 0 Å². The molecule has 0 saturated carbocycles. The lowest BCUT2D eigenvalue weighted by Crippen LogP contribution is -2.20. The van der Waals surface area contributed by atoms with Gasteiger partial charge in [-0.2, -0.15) is 0 Å². The van der Waals surface area contributed by atoms with Crippen LogP contribution in [-0.2, 0) is 0 Å². The van der Waals surface area contributed by atoms with E-state index >= 15 is 0 Å². The summed E-state index contributed by atoms with van der Waals surface area (Å²) in [5.41, 5.74) is 0.532. The van der Waals surface area contributed by atoms with Crippen LogP contribution in [0.2, 0.25) is 0 Å². The largest absolute Gasteiger partial charge is 0.389 e. The number of imidazole rings is 1. The van der Waals surface area contributed by atoms with Gasteiger partial charge in [-0.1, -0.05) is 15.9 Å². The van der Waals surface area contributed by atoms with Gasteiger partial charge < -0.3 is 10.2 Å². The molecule has 0 radical (unpaired) electrons. The summed E-state index contributed by atoms with van der Waals surface area (Å²) < 4.78 is 1.65. The maximum atomic E-state index is 9.81. The van der Waals surface area contributed by atoms with Gasteiger partial charge in [-0.3, -0.25) is 4.40 Å². The first-order valence-corrected chi connectivity index (χ1v) is 5.56. The van der Waals surface area contributed by atoms with Crippen LogP contribution in [0.1, 0.15) is 11.8 Å². The maximum absolute atomic E-state index is 9.81. The molecular formula is C9H10BrN3O2. The molecule has 2 aromatic heterocycles. The highest BCUT2D eigenvalue weighted by molar-refractivity contribution is 9.09. The molecule has 2 N–H and O–H groups in total. The Labute approximate surface area is 94.5 Å². The van der Waals surface area contributed by atoms with Gasteiger partial charge in [0.15, 0.2) is 0 Å². The van der Waals surface area contributed by atoms with Crippen LogP contribution < -0.4 is 0 Å². The van der Waals surface area contributed by atoms with Crippen LogP contribution in [0, 0.1) is 0 Å². The summed E-state index contributed by atoms with van der Waals surface area (Å²) in [5, 5.41) is 19.6. The minimum absolute atomic E-state index is 0.307. The fourth-order valence-corrected chi connectivity index (χ4v) is 1.70. The van der Waals surface area contributed by atoms with E-state index in [0.717, 1.165) is 0 Å². The Balaban J connectivity index is 2.43. The summed E-state index contributed by atoms with van der Waals surface area (Å²) in [7, 11) is 0. The van der Waals surface area contributed by atoms with Gasteiger partial charge in [-0.25, -0.2) is 9.97 Å². The number of halogens is 1. The van der Waals surface area contributed by atoms with Gasteiger partial charge >= 0.3 is 0 Å². The second-order valence-electron chi connectivity index (χ2n) is 3.14. The average molecular weight is 272 g/mol. The molecule has 80 valence electrons. The van der Waals surface area contributed by atoms with Crippen molar-refractivity contribution in [2.75, 3.05) is 5.33 Å². The van der Waals surface area contributed by atoms with E-state index in [2.05, 4.69) is 25.9 Å². The topological polar surface area (TPSA) is 70.7 Å². The summed E-state index contributed by atoms with van der Waals surface area (Å²) >= 11 is 3.11. The van der Waals surface area contributed by atoms with Crippen LogP contribution >= 0.6 is 15.9 Å². The molecule has 0 aliphatic rings. The molecule has 6 heteroatoms. The van der Waals surface area contributed by atoms with Gasteiger partial charge in [-0.15, -0.1) is 0 Å². The zero-order valence-electron chi connectivity index (χ0n) is 7.79. The number of aromatic nitrogens is 3. The lowest BCUT2D eigenvalue weighted by molar-refractivity contribution is 0.0310. The van der Waals surface area contributed by atoms with Crippen molar-refractivity contribution in [2.24, 2.45) is 0 Å². The Morgan fingerprint density at radius 2 is 2.20 bits per heavy atom. The quantitative estimate of drug-likeness (QED) is 0.799. The zero-order valence-corrected chi connectivity index (χ0v) is 9.37. The second kappa shape index (κ2) is 4.26. The van der Waals surface area contributed by atoms with Crippen LogP contribution in [0.25, 0.3) is 5.78 Å². The van der Waals surface area contributed by atoms with E-state index in [1.165, 1.54) is 6.20 Å². The van der Waals surface area contributed by atoms with Gasteiger partial charge in [0.25, 0.3) is 0 Å². The Kier molecular flexibility index (Phi) is 2.99. The normalized spacial score (nSPS) is 15.4. The fourth-order valence-electron chi connectivity index (χ4n) is 1.35. The standard InChI is InChI=1S/C9H10BrN3O2/c10-4-7(14)8(15)6-5-12-9-11-2-1-3-13(6)9/h1-3,5,7-8,14-15H,4H2. The molecule has 0 aliphatic carbocycles. The van der Waals surface area contributed by atoms with E-state index in [9.17, 15) is 10.2 Å². The first-order chi connectivity index (χ1) is 7.24. The van der Waals surface area contributed by atoms with Crippen molar-refractivity contribution < 1.29 is 10.2 Å². The molecule has 15 heavy (non-hydrogen) atoms. The Morgan fingerprint density at radius 3 is 2.93 bits per heavy atom. The summed E-state index contributed by atoms with van der Waals surface area (Å²) in [6.07, 6.45) is 3.06. The molecule has 0 saturated heterocycles. The highest BCUT2D eigenvalue weighted by Gasteiger charge is 2.20. The van der Waals surface area contributed by atoms with Gasteiger partial charge in [0.05, 0.1) is 18.0 Å². The van der Waals surface area contributed by atoms with Crippen molar-refractivity contribution >= 4 is 21.7 Å². The number of fused-ring (bicyclic) bond motifs is 1. The molecular weight excluding hydrogens is 262 g/mol.